The van der Waals surface area contributed by atoms with Crippen LogP contribution in [0.3, 0.4) is 0 Å². The predicted octanol–water partition coefficient (Wildman–Crippen LogP) is 3.03. The Morgan fingerprint density at radius 1 is 0.750 bits per heavy atom. The Labute approximate surface area is 94.7 Å². The van der Waals surface area contributed by atoms with Gasteiger partial charge in [-0.15, -0.1) is 0 Å². The van der Waals surface area contributed by atoms with Crippen LogP contribution in [-0.4, -0.2) is 5.11 Å². The second kappa shape index (κ2) is 4.53. The highest BCUT2D eigenvalue weighted by atomic mass is 16.3. The van der Waals surface area contributed by atoms with E-state index < -0.39 is 0 Å². The maximum absolute atomic E-state index is 10.00. The van der Waals surface area contributed by atoms with Crippen molar-refractivity contribution in [2.24, 2.45) is 5.73 Å². The first kappa shape index (κ1) is 10.3. The Morgan fingerprint density at radius 2 is 1.19 bits per heavy atom. The number of rotatable bonds is 2. The summed E-state index contributed by atoms with van der Waals surface area (Å²) in [6.07, 6.45) is 0. The van der Waals surface area contributed by atoms with Crippen LogP contribution in [0.2, 0.25) is 0 Å². The molecule has 0 saturated heterocycles. The van der Waals surface area contributed by atoms with E-state index in [4.69, 9.17) is 5.73 Å². The molecule has 0 heterocycles. The van der Waals surface area contributed by atoms with Crippen molar-refractivity contribution >= 4 is 11.5 Å². The number of hydrogen-bond acceptors (Lipinski definition) is 2. The monoisotopic (exact) mass is 211 g/mol. The summed E-state index contributed by atoms with van der Waals surface area (Å²) in [5, 5.41) is 10.00. The van der Waals surface area contributed by atoms with Gasteiger partial charge in [-0.3, -0.25) is 0 Å². The third-order valence-corrected chi connectivity index (χ3v) is 2.39. The highest BCUT2D eigenvalue weighted by Gasteiger charge is 2.05. The van der Waals surface area contributed by atoms with Gasteiger partial charge in [0.1, 0.15) is 5.76 Å². The van der Waals surface area contributed by atoms with Gasteiger partial charge in [0, 0.05) is 11.1 Å². The Hall–Kier alpha value is -2.22. The van der Waals surface area contributed by atoms with E-state index in [9.17, 15) is 5.11 Å². The van der Waals surface area contributed by atoms with Crippen molar-refractivity contribution in [2.45, 2.75) is 0 Å². The number of aliphatic hydroxyl groups is 1. The summed E-state index contributed by atoms with van der Waals surface area (Å²) in [7, 11) is 0. The van der Waals surface area contributed by atoms with E-state index in [-0.39, 0.29) is 5.76 Å². The van der Waals surface area contributed by atoms with Gasteiger partial charge in [-0.25, -0.2) is 0 Å². The molecule has 2 aromatic rings. The first-order chi connectivity index (χ1) is 7.79. The zero-order valence-electron chi connectivity index (χ0n) is 8.80. The first-order valence-corrected chi connectivity index (χ1v) is 5.08. The molecule has 0 amide bonds. The van der Waals surface area contributed by atoms with Gasteiger partial charge < -0.3 is 10.8 Å². The molecule has 3 N–H and O–H groups in total. The van der Waals surface area contributed by atoms with E-state index >= 15 is 0 Å². The van der Waals surface area contributed by atoms with Crippen molar-refractivity contribution in [1.29, 1.82) is 0 Å². The van der Waals surface area contributed by atoms with Crippen LogP contribution in [-0.2, 0) is 0 Å². The molecule has 0 aliphatic rings. The molecule has 0 bridgehead atoms. The van der Waals surface area contributed by atoms with Gasteiger partial charge in [0.25, 0.3) is 0 Å². The number of nitrogens with two attached hydrogens (primary N) is 1. The molecular weight excluding hydrogens is 198 g/mol. The molecule has 0 spiro atoms. The van der Waals surface area contributed by atoms with Crippen LogP contribution in [0.4, 0.5) is 0 Å². The predicted molar refractivity (Wildman–Crippen MR) is 66.5 cm³/mol. The molecule has 2 heteroatoms. The highest BCUT2D eigenvalue weighted by Crippen LogP contribution is 2.19. The minimum atomic E-state index is 0.117. The van der Waals surface area contributed by atoms with E-state index in [1.54, 1.807) is 0 Å². The Morgan fingerprint density at radius 3 is 1.69 bits per heavy atom. The van der Waals surface area contributed by atoms with Crippen LogP contribution in [0.15, 0.2) is 60.7 Å². The van der Waals surface area contributed by atoms with Crippen molar-refractivity contribution in [1.82, 2.24) is 0 Å². The summed E-state index contributed by atoms with van der Waals surface area (Å²) in [6, 6.07) is 18.7. The second-order valence-corrected chi connectivity index (χ2v) is 3.49. The Bertz CT molecular complexity index is 441. The SMILES string of the molecule is N/C(=C(\O)c1ccccc1)c1ccccc1. The largest absolute Gasteiger partial charge is 0.505 e. The number of benzene rings is 2. The second-order valence-electron chi connectivity index (χ2n) is 3.49. The van der Waals surface area contributed by atoms with Crippen LogP contribution < -0.4 is 5.73 Å². The summed E-state index contributed by atoms with van der Waals surface area (Å²) in [5.41, 5.74) is 7.84. The van der Waals surface area contributed by atoms with Crippen molar-refractivity contribution < 1.29 is 5.11 Å². The zero-order chi connectivity index (χ0) is 11.4. The molecule has 0 atom stereocenters. The van der Waals surface area contributed by atoms with Gasteiger partial charge in [0.05, 0.1) is 5.70 Å². The van der Waals surface area contributed by atoms with Gasteiger partial charge in [-0.2, -0.15) is 0 Å². The van der Waals surface area contributed by atoms with Crippen LogP contribution in [0.1, 0.15) is 11.1 Å². The van der Waals surface area contributed by atoms with Crippen LogP contribution in [0, 0.1) is 0 Å². The Kier molecular flexibility index (Phi) is 2.92. The lowest BCUT2D eigenvalue weighted by atomic mass is 10.1. The number of aliphatic hydroxyl groups excluding tert-OH is 1. The van der Waals surface area contributed by atoms with Gasteiger partial charge in [0.15, 0.2) is 0 Å². The maximum Gasteiger partial charge on any atom is 0.146 e. The molecular formula is C14H13NO. The first-order valence-electron chi connectivity index (χ1n) is 5.08. The normalized spacial score (nSPS) is 12.0. The van der Waals surface area contributed by atoms with Crippen molar-refractivity contribution in [3.8, 4) is 0 Å². The van der Waals surface area contributed by atoms with Crippen molar-refractivity contribution in [3.63, 3.8) is 0 Å². The zero-order valence-corrected chi connectivity index (χ0v) is 8.80. The van der Waals surface area contributed by atoms with Crippen LogP contribution in [0.25, 0.3) is 11.5 Å². The van der Waals surface area contributed by atoms with Gasteiger partial charge in [-0.1, -0.05) is 60.7 Å². The fourth-order valence-electron chi connectivity index (χ4n) is 1.51. The lowest BCUT2D eigenvalue weighted by Crippen LogP contribution is -2.00. The van der Waals surface area contributed by atoms with Crippen LogP contribution >= 0.6 is 0 Å². The fraction of sp³-hybridized carbons (Fsp3) is 0. The summed E-state index contributed by atoms with van der Waals surface area (Å²) < 4.78 is 0. The van der Waals surface area contributed by atoms with E-state index in [2.05, 4.69) is 0 Å². The molecule has 0 fully saturated rings. The van der Waals surface area contributed by atoms with Crippen LogP contribution in [0.5, 0.6) is 0 Å². The molecule has 2 nitrogen and oxygen atoms in total. The van der Waals surface area contributed by atoms with Gasteiger partial charge in [0.2, 0.25) is 0 Å². The molecule has 2 aromatic carbocycles. The average molecular weight is 211 g/mol. The summed E-state index contributed by atoms with van der Waals surface area (Å²) in [4.78, 5) is 0. The Balaban J connectivity index is 2.43. The summed E-state index contributed by atoms with van der Waals surface area (Å²) >= 11 is 0. The molecule has 0 unspecified atom stereocenters. The van der Waals surface area contributed by atoms with E-state index in [1.807, 2.05) is 60.7 Å². The lowest BCUT2D eigenvalue weighted by Gasteiger charge is -2.06. The maximum atomic E-state index is 10.00. The van der Waals surface area contributed by atoms with Gasteiger partial charge >= 0.3 is 0 Å². The van der Waals surface area contributed by atoms with E-state index in [0.717, 1.165) is 11.1 Å². The quantitative estimate of drug-likeness (QED) is 0.592. The topological polar surface area (TPSA) is 46.2 Å². The molecule has 80 valence electrons. The molecule has 0 aliphatic heterocycles. The van der Waals surface area contributed by atoms with Crippen molar-refractivity contribution in [2.75, 3.05) is 0 Å². The minimum Gasteiger partial charge on any atom is -0.505 e. The minimum absolute atomic E-state index is 0.117. The fourth-order valence-corrected chi connectivity index (χ4v) is 1.51. The van der Waals surface area contributed by atoms with Gasteiger partial charge in [-0.05, 0) is 0 Å². The molecule has 0 aliphatic carbocycles. The smallest absolute Gasteiger partial charge is 0.146 e. The third kappa shape index (κ3) is 2.06. The molecule has 16 heavy (non-hydrogen) atoms. The molecule has 0 aromatic heterocycles. The highest BCUT2D eigenvalue weighted by molar-refractivity contribution is 5.84. The van der Waals surface area contributed by atoms with E-state index in [1.165, 1.54) is 0 Å². The van der Waals surface area contributed by atoms with Crippen molar-refractivity contribution in [3.05, 3.63) is 71.8 Å². The third-order valence-electron chi connectivity index (χ3n) is 2.39. The molecule has 0 saturated carbocycles. The van der Waals surface area contributed by atoms with E-state index in [0.29, 0.717) is 5.70 Å². The molecule has 0 radical (unpaired) electrons. The summed E-state index contributed by atoms with van der Waals surface area (Å²) in [5.74, 6) is 0.117. The summed E-state index contributed by atoms with van der Waals surface area (Å²) in [6.45, 7) is 0. The number of hydrogen-bond donors (Lipinski definition) is 2. The standard InChI is InChI=1S/C14H13NO/c15-13(11-7-3-1-4-8-11)14(16)12-9-5-2-6-10-12/h1-10,16H,15H2/b14-13-. The molecule has 2 rings (SSSR count). The average Bonchev–Trinajstić information content (AvgIpc) is 2.39. The lowest BCUT2D eigenvalue weighted by molar-refractivity contribution is 0.513.